The molecule has 1 aromatic heterocycles. The van der Waals surface area contributed by atoms with Crippen LogP contribution in [0, 0.1) is 5.82 Å². The average Bonchev–Trinajstić information content (AvgIpc) is 2.90. The number of carbonyl (C=O) groups is 1. The van der Waals surface area contributed by atoms with Crippen LogP contribution in [0.1, 0.15) is 43.4 Å². The fourth-order valence-electron chi connectivity index (χ4n) is 2.82. The third-order valence-corrected chi connectivity index (χ3v) is 3.92. The van der Waals surface area contributed by atoms with E-state index in [1.54, 1.807) is 23.0 Å². The van der Waals surface area contributed by atoms with Crippen LogP contribution in [0.25, 0.3) is 0 Å². The Hall–Kier alpha value is -2.37. The number of nitrogens with zero attached hydrogens (tertiary/aromatic N) is 2. The number of carbonyl (C=O) groups excluding carboxylic acids is 1. The summed E-state index contributed by atoms with van der Waals surface area (Å²) >= 11 is 0. The molecule has 0 bridgehead atoms. The van der Waals surface area contributed by atoms with Gasteiger partial charge in [0.05, 0.1) is 13.3 Å². The Balaban J connectivity index is 2.08. The largest absolute Gasteiger partial charge is 0.497 e. The van der Waals surface area contributed by atoms with Gasteiger partial charge in [0, 0.05) is 30.0 Å². The van der Waals surface area contributed by atoms with Crippen LogP contribution in [0.5, 0.6) is 5.75 Å². The van der Waals surface area contributed by atoms with Crippen LogP contribution in [0.3, 0.4) is 0 Å². The lowest BCUT2D eigenvalue weighted by Gasteiger charge is -2.25. The van der Waals surface area contributed by atoms with E-state index in [9.17, 15) is 9.18 Å². The minimum Gasteiger partial charge on any atom is -0.497 e. The molecule has 116 valence electrons. The SMILES string of the molecule is COc1ccc(C2CC(=O)Nc3c2cnn3C(C)C)c(F)c1. The number of hydrogen-bond donors (Lipinski definition) is 1. The standard InChI is InChI=1S/C16H18FN3O2/c1-9(2)20-16-13(8-18-20)12(7-15(21)19-16)11-5-4-10(22-3)6-14(11)17/h4-6,8-9,12H,7H2,1-3H3,(H,19,21). The Labute approximate surface area is 128 Å². The number of hydrogen-bond acceptors (Lipinski definition) is 3. The van der Waals surface area contributed by atoms with Crippen LogP contribution >= 0.6 is 0 Å². The number of rotatable bonds is 3. The van der Waals surface area contributed by atoms with Crippen molar-refractivity contribution in [1.29, 1.82) is 0 Å². The topological polar surface area (TPSA) is 56.1 Å². The molecule has 0 spiro atoms. The Morgan fingerprint density at radius 3 is 2.82 bits per heavy atom. The summed E-state index contributed by atoms with van der Waals surface area (Å²) in [5.74, 6) is 0.283. The molecule has 0 aliphatic carbocycles. The van der Waals surface area contributed by atoms with E-state index in [1.165, 1.54) is 13.2 Å². The minimum atomic E-state index is -0.373. The van der Waals surface area contributed by atoms with E-state index in [0.717, 1.165) is 5.56 Å². The van der Waals surface area contributed by atoms with E-state index in [-0.39, 0.29) is 30.1 Å². The highest BCUT2D eigenvalue weighted by atomic mass is 19.1. The summed E-state index contributed by atoms with van der Waals surface area (Å²) in [5, 5.41) is 7.17. The molecule has 2 aromatic rings. The minimum absolute atomic E-state index is 0.114. The molecule has 1 aromatic carbocycles. The first-order chi connectivity index (χ1) is 10.5. The van der Waals surface area contributed by atoms with E-state index in [4.69, 9.17) is 4.74 Å². The zero-order chi connectivity index (χ0) is 15.9. The number of ether oxygens (including phenoxy) is 1. The van der Waals surface area contributed by atoms with Crippen molar-refractivity contribution in [3.8, 4) is 5.75 Å². The number of halogens is 1. The number of amides is 1. The maximum atomic E-state index is 14.4. The molecule has 0 saturated heterocycles. The van der Waals surface area contributed by atoms with Crippen molar-refractivity contribution in [3.05, 3.63) is 41.3 Å². The van der Waals surface area contributed by atoms with Gasteiger partial charge in [-0.3, -0.25) is 4.79 Å². The highest BCUT2D eigenvalue weighted by Crippen LogP contribution is 2.39. The van der Waals surface area contributed by atoms with Gasteiger partial charge < -0.3 is 10.1 Å². The number of aromatic nitrogens is 2. The zero-order valence-electron chi connectivity index (χ0n) is 12.8. The van der Waals surface area contributed by atoms with Crippen molar-refractivity contribution in [3.63, 3.8) is 0 Å². The van der Waals surface area contributed by atoms with Gasteiger partial charge in [-0.05, 0) is 25.5 Å². The van der Waals surface area contributed by atoms with Crippen molar-refractivity contribution < 1.29 is 13.9 Å². The van der Waals surface area contributed by atoms with Crippen molar-refractivity contribution >= 4 is 11.7 Å². The maximum absolute atomic E-state index is 14.4. The maximum Gasteiger partial charge on any atom is 0.226 e. The first kappa shape index (κ1) is 14.6. The fraction of sp³-hybridized carbons (Fsp3) is 0.375. The Morgan fingerprint density at radius 1 is 1.41 bits per heavy atom. The van der Waals surface area contributed by atoms with E-state index in [2.05, 4.69) is 10.4 Å². The highest BCUT2D eigenvalue weighted by molar-refractivity contribution is 5.94. The van der Waals surface area contributed by atoms with Gasteiger partial charge in [-0.1, -0.05) is 6.07 Å². The van der Waals surface area contributed by atoms with Gasteiger partial charge in [0.2, 0.25) is 5.91 Å². The smallest absolute Gasteiger partial charge is 0.226 e. The normalized spacial score (nSPS) is 17.3. The summed E-state index contributed by atoms with van der Waals surface area (Å²) in [4.78, 5) is 12.0. The van der Waals surface area contributed by atoms with Crippen LogP contribution in [0.4, 0.5) is 10.2 Å². The predicted octanol–water partition coefficient (Wildman–Crippen LogP) is 3.09. The lowest BCUT2D eigenvalue weighted by molar-refractivity contribution is -0.116. The predicted molar refractivity (Wildman–Crippen MR) is 80.7 cm³/mol. The van der Waals surface area contributed by atoms with Gasteiger partial charge in [-0.2, -0.15) is 5.10 Å². The molecule has 6 heteroatoms. The molecule has 1 amide bonds. The number of methoxy groups -OCH3 is 1. The molecule has 0 radical (unpaired) electrons. The number of fused-ring (bicyclic) bond motifs is 1. The van der Waals surface area contributed by atoms with Gasteiger partial charge in [0.1, 0.15) is 17.4 Å². The summed E-state index contributed by atoms with van der Waals surface area (Å²) in [6, 6.07) is 4.84. The lowest BCUT2D eigenvalue weighted by atomic mass is 9.87. The molecule has 1 aliphatic heterocycles. The molecule has 1 N–H and O–H groups in total. The number of benzene rings is 1. The van der Waals surface area contributed by atoms with E-state index < -0.39 is 0 Å². The summed E-state index contributed by atoms with van der Waals surface area (Å²) < 4.78 is 21.1. The summed E-state index contributed by atoms with van der Waals surface area (Å²) in [6.07, 6.45) is 1.92. The molecule has 0 fully saturated rings. The molecule has 1 unspecified atom stereocenters. The van der Waals surface area contributed by atoms with Crippen molar-refractivity contribution in [1.82, 2.24) is 9.78 Å². The van der Waals surface area contributed by atoms with E-state index in [1.807, 2.05) is 13.8 Å². The first-order valence-electron chi connectivity index (χ1n) is 7.22. The summed E-state index contributed by atoms with van der Waals surface area (Å²) in [7, 11) is 1.49. The molecule has 1 aliphatic rings. The number of anilines is 1. The Bertz CT molecular complexity index is 724. The molecule has 3 rings (SSSR count). The second kappa shape index (κ2) is 5.44. The van der Waals surface area contributed by atoms with Gasteiger partial charge in [0.15, 0.2) is 0 Å². The van der Waals surface area contributed by atoms with Crippen molar-refractivity contribution in [2.75, 3.05) is 12.4 Å². The van der Waals surface area contributed by atoms with Gasteiger partial charge >= 0.3 is 0 Å². The quantitative estimate of drug-likeness (QED) is 0.948. The fourth-order valence-corrected chi connectivity index (χ4v) is 2.82. The first-order valence-corrected chi connectivity index (χ1v) is 7.22. The second-order valence-corrected chi connectivity index (χ2v) is 5.68. The second-order valence-electron chi connectivity index (χ2n) is 5.68. The molecule has 1 atom stereocenters. The molecule has 2 heterocycles. The van der Waals surface area contributed by atoms with Gasteiger partial charge in [0.25, 0.3) is 0 Å². The summed E-state index contributed by atoms with van der Waals surface area (Å²) in [5.41, 5.74) is 1.33. The van der Waals surface area contributed by atoms with Crippen molar-refractivity contribution in [2.24, 2.45) is 0 Å². The lowest BCUT2D eigenvalue weighted by Crippen LogP contribution is -2.25. The average molecular weight is 303 g/mol. The molecular formula is C16H18FN3O2. The van der Waals surface area contributed by atoms with Crippen LogP contribution in [-0.4, -0.2) is 22.8 Å². The Kier molecular flexibility index (Phi) is 3.60. The summed E-state index contributed by atoms with van der Waals surface area (Å²) in [6.45, 7) is 3.97. The van der Waals surface area contributed by atoms with E-state index in [0.29, 0.717) is 17.1 Å². The number of nitrogens with one attached hydrogen (secondary N) is 1. The third kappa shape index (κ3) is 2.34. The molecule has 5 nitrogen and oxygen atoms in total. The zero-order valence-corrected chi connectivity index (χ0v) is 12.8. The monoisotopic (exact) mass is 303 g/mol. The van der Waals surface area contributed by atoms with E-state index >= 15 is 0 Å². The molecule has 0 saturated carbocycles. The highest BCUT2D eigenvalue weighted by Gasteiger charge is 2.32. The molecule has 22 heavy (non-hydrogen) atoms. The van der Waals surface area contributed by atoms with Crippen LogP contribution in [-0.2, 0) is 4.79 Å². The van der Waals surface area contributed by atoms with Gasteiger partial charge in [-0.25, -0.2) is 9.07 Å². The third-order valence-electron chi connectivity index (χ3n) is 3.92. The van der Waals surface area contributed by atoms with Crippen LogP contribution in [0.15, 0.2) is 24.4 Å². The van der Waals surface area contributed by atoms with Crippen molar-refractivity contribution in [2.45, 2.75) is 32.2 Å². The molecular weight excluding hydrogens is 285 g/mol. The van der Waals surface area contributed by atoms with Gasteiger partial charge in [-0.15, -0.1) is 0 Å². The van der Waals surface area contributed by atoms with Crippen LogP contribution in [0.2, 0.25) is 0 Å². The Morgan fingerprint density at radius 2 is 2.18 bits per heavy atom. The van der Waals surface area contributed by atoms with Crippen LogP contribution < -0.4 is 10.1 Å².